The summed E-state index contributed by atoms with van der Waals surface area (Å²) in [7, 11) is 0. The first kappa shape index (κ1) is 7.66. The van der Waals surface area contributed by atoms with Crippen molar-refractivity contribution in [3.63, 3.8) is 0 Å². The van der Waals surface area contributed by atoms with Gasteiger partial charge in [0, 0.05) is 0 Å². The minimum atomic E-state index is -0.0589. The molecule has 2 aliphatic rings. The van der Waals surface area contributed by atoms with Gasteiger partial charge in [0.25, 0.3) is 0 Å². The normalized spacial score (nSPS) is 29.6. The number of likely N-dealkylation sites (tertiary alicyclic amines) is 1. The predicted molar refractivity (Wildman–Crippen MR) is 43.5 cm³/mol. The standard InChI is InChI=1S/C8H8N4O2/c13-7-4-1-5(4)8(14)12(7)2-6-9-3-10-11-6/h3-5H,1-2H2,(H,9,10,11). The van der Waals surface area contributed by atoms with Crippen LogP contribution in [0, 0.1) is 11.8 Å². The zero-order chi connectivity index (χ0) is 9.71. The molecule has 0 spiro atoms. The van der Waals surface area contributed by atoms with Gasteiger partial charge in [-0.1, -0.05) is 0 Å². The van der Waals surface area contributed by atoms with Crippen LogP contribution in [0.2, 0.25) is 0 Å². The van der Waals surface area contributed by atoms with Crippen molar-refractivity contribution in [2.75, 3.05) is 0 Å². The van der Waals surface area contributed by atoms with E-state index < -0.39 is 0 Å². The summed E-state index contributed by atoms with van der Waals surface area (Å²) in [5.41, 5.74) is 0. The predicted octanol–water partition coefficient (Wildman–Crippen LogP) is -0.690. The van der Waals surface area contributed by atoms with Crippen LogP contribution in [0.15, 0.2) is 6.33 Å². The van der Waals surface area contributed by atoms with Crippen molar-refractivity contribution in [3.05, 3.63) is 12.2 Å². The van der Waals surface area contributed by atoms with Crippen molar-refractivity contribution in [3.8, 4) is 0 Å². The average Bonchev–Trinajstić information content (AvgIpc) is 2.75. The Hall–Kier alpha value is -1.72. The Morgan fingerprint density at radius 2 is 2.14 bits per heavy atom. The van der Waals surface area contributed by atoms with Crippen LogP contribution in [-0.2, 0) is 16.1 Å². The third-order valence-corrected chi connectivity index (χ3v) is 2.73. The van der Waals surface area contributed by atoms with Crippen LogP contribution >= 0.6 is 0 Å². The van der Waals surface area contributed by atoms with Crippen LogP contribution < -0.4 is 0 Å². The number of hydrogen-bond acceptors (Lipinski definition) is 4. The quantitative estimate of drug-likeness (QED) is 0.629. The molecule has 72 valence electrons. The van der Waals surface area contributed by atoms with Crippen molar-refractivity contribution < 1.29 is 9.59 Å². The van der Waals surface area contributed by atoms with E-state index in [4.69, 9.17) is 0 Å². The molecule has 0 aromatic carbocycles. The van der Waals surface area contributed by atoms with Gasteiger partial charge in [-0.3, -0.25) is 19.6 Å². The Labute approximate surface area is 79.3 Å². The zero-order valence-electron chi connectivity index (χ0n) is 7.30. The number of fused-ring (bicyclic) bond motifs is 1. The summed E-state index contributed by atoms with van der Waals surface area (Å²) in [6, 6.07) is 0. The number of carbonyl (C=O) groups is 2. The van der Waals surface area contributed by atoms with Crippen molar-refractivity contribution in [1.29, 1.82) is 0 Å². The van der Waals surface area contributed by atoms with Gasteiger partial charge >= 0.3 is 0 Å². The highest BCUT2D eigenvalue weighted by molar-refractivity contribution is 6.08. The van der Waals surface area contributed by atoms with Crippen molar-refractivity contribution in [1.82, 2.24) is 20.1 Å². The lowest BCUT2D eigenvalue weighted by Crippen LogP contribution is -2.32. The fourth-order valence-corrected chi connectivity index (χ4v) is 1.86. The van der Waals surface area contributed by atoms with E-state index in [9.17, 15) is 9.59 Å². The summed E-state index contributed by atoms with van der Waals surface area (Å²) in [5.74, 6) is 0.358. The van der Waals surface area contributed by atoms with Gasteiger partial charge in [-0.2, -0.15) is 5.10 Å². The highest BCUT2D eigenvalue weighted by atomic mass is 16.2. The minimum Gasteiger partial charge on any atom is -0.274 e. The largest absolute Gasteiger partial charge is 0.274 e. The summed E-state index contributed by atoms with van der Waals surface area (Å²) in [6.45, 7) is 0.227. The molecule has 1 aromatic rings. The van der Waals surface area contributed by atoms with Gasteiger partial charge in [0.05, 0.1) is 18.4 Å². The molecule has 0 radical (unpaired) electrons. The molecular weight excluding hydrogens is 184 g/mol. The third kappa shape index (κ3) is 0.905. The van der Waals surface area contributed by atoms with Gasteiger partial charge in [0.15, 0.2) is 0 Å². The molecule has 2 amide bonds. The van der Waals surface area contributed by atoms with Crippen LogP contribution in [0.5, 0.6) is 0 Å². The molecule has 1 aromatic heterocycles. The maximum atomic E-state index is 11.5. The molecular formula is C8H8N4O2. The number of piperidine rings is 1. The van der Waals surface area contributed by atoms with Gasteiger partial charge in [0.2, 0.25) is 11.8 Å². The van der Waals surface area contributed by atoms with Crippen molar-refractivity contribution in [2.24, 2.45) is 11.8 Å². The van der Waals surface area contributed by atoms with E-state index in [0.29, 0.717) is 5.82 Å². The van der Waals surface area contributed by atoms with Crippen molar-refractivity contribution in [2.45, 2.75) is 13.0 Å². The lowest BCUT2D eigenvalue weighted by Gasteiger charge is -2.13. The molecule has 14 heavy (non-hydrogen) atoms. The zero-order valence-corrected chi connectivity index (χ0v) is 7.30. The van der Waals surface area contributed by atoms with E-state index in [0.717, 1.165) is 6.42 Å². The van der Waals surface area contributed by atoms with E-state index in [1.165, 1.54) is 11.2 Å². The molecule has 2 atom stereocenters. The molecule has 0 bridgehead atoms. The fraction of sp³-hybridized carbons (Fsp3) is 0.500. The number of nitrogens with one attached hydrogen (secondary N) is 1. The highest BCUT2D eigenvalue weighted by Gasteiger charge is 2.58. The maximum Gasteiger partial charge on any atom is 0.233 e. The second-order valence-electron chi connectivity index (χ2n) is 3.64. The Morgan fingerprint density at radius 3 is 2.71 bits per heavy atom. The number of nitrogens with zero attached hydrogens (tertiary/aromatic N) is 3. The summed E-state index contributed by atoms with van der Waals surface area (Å²) in [6.07, 6.45) is 2.10. The number of carbonyl (C=O) groups excluding carboxylic acids is 2. The molecule has 1 saturated carbocycles. The lowest BCUT2D eigenvalue weighted by atomic mass is 10.4. The van der Waals surface area contributed by atoms with Crippen LogP contribution in [0.3, 0.4) is 0 Å². The Kier molecular flexibility index (Phi) is 1.31. The van der Waals surface area contributed by atoms with Crippen LogP contribution in [0.1, 0.15) is 12.2 Å². The highest BCUT2D eigenvalue weighted by Crippen LogP contribution is 2.47. The van der Waals surface area contributed by atoms with Crippen LogP contribution in [0.25, 0.3) is 0 Å². The summed E-state index contributed by atoms with van der Waals surface area (Å²) >= 11 is 0. The van der Waals surface area contributed by atoms with Gasteiger partial charge in [0.1, 0.15) is 12.2 Å². The van der Waals surface area contributed by atoms with E-state index in [2.05, 4.69) is 15.2 Å². The molecule has 1 aliphatic carbocycles. The number of hydrogen-bond donors (Lipinski definition) is 1. The number of aromatic amines is 1. The van der Waals surface area contributed by atoms with E-state index in [1.807, 2.05) is 0 Å². The number of amides is 2. The lowest BCUT2D eigenvalue weighted by molar-refractivity contribution is -0.142. The van der Waals surface area contributed by atoms with Crippen LogP contribution in [-0.4, -0.2) is 31.9 Å². The Morgan fingerprint density at radius 1 is 1.43 bits per heavy atom. The summed E-state index contributed by atoms with van der Waals surface area (Å²) in [4.78, 5) is 28.2. The molecule has 3 rings (SSSR count). The molecule has 2 heterocycles. The smallest absolute Gasteiger partial charge is 0.233 e. The first-order valence-corrected chi connectivity index (χ1v) is 4.47. The molecule has 1 aliphatic heterocycles. The summed E-state index contributed by atoms with van der Waals surface area (Å²) < 4.78 is 0. The maximum absolute atomic E-state index is 11.5. The number of rotatable bonds is 2. The molecule has 1 N–H and O–H groups in total. The van der Waals surface area contributed by atoms with Gasteiger partial charge in [-0.25, -0.2) is 4.98 Å². The topological polar surface area (TPSA) is 79.0 Å². The van der Waals surface area contributed by atoms with E-state index in [-0.39, 0.29) is 30.2 Å². The monoisotopic (exact) mass is 192 g/mol. The van der Waals surface area contributed by atoms with Crippen molar-refractivity contribution >= 4 is 11.8 Å². The van der Waals surface area contributed by atoms with Crippen LogP contribution in [0.4, 0.5) is 0 Å². The molecule has 2 unspecified atom stereocenters. The number of imide groups is 1. The van der Waals surface area contributed by atoms with Gasteiger partial charge in [-0.05, 0) is 6.42 Å². The molecule has 6 heteroatoms. The third-order valence-electron chi connectivity index (χ3n) is 2.73. The summed E-state index contributed by atoms with van der Waals surface area (Å²) in [5, 5.41) is 6.29. The average molecular weight is 192 g/mol. The second-order valence-corrected chi connectivity index (χ2v) is 3.64. The Balaban J connectivity index is 1.80. The SMILES string of the molecule is O=C1C2CC2C(=O)N1Cc1ncn[nH]1. The minimum absolute atomic E-state index is 0.0366. The molecule has 2 fully saturated rings. The second kappa shape index (κ2) is 2.40. The first-order chi connectivity index (χ1) is 6.77. The molecule has 1 saturated heterocycles. The van der Waals surface area contributed by atoms with E-state index in [1.54, 1.807) is 0 Å². The van der Waals surface area contributed by atoms with Gasteiger partial charge in [-0.15, -0.1) is 0 Å². The van der Waals surface area contributed by atoms with E-state index >= 15 is 0 Å². The first-order valence-electron chi connectivity index (χ1n) is 4.47. The number of aromatic nitrogens is 3. The number of H-pyrrole nitrogens is 1. The van der Waals surface area contributed by atoms with Gasteiger partial charge < -0.3 is 0 Å². The Bertz CT molecular complexity index is 379. The fourth-order valence-electron chi connectivity index (χ4n) is 1.86. The molecule has 6 nitrogen and oxygen atoms in total.